The third-order valence-electron chi connectivity index (χ3n) is 4.22. The van der Waals surface area contributed by atoms with Crippen LogP contribution < -0.4 is 4.84 Å². The van der Waals surface area contributed by atoms with Crippen LogP contribution in [0, 0.1) is 10.1 Å². The van der Waals surface area contributed by atoms with Gasteiger partial charge in [0.25, 0.3) is 5.69 Å². The molecule has 4 aromatic rings. The van der Waals surface area contributed by atoms with Crippen LogP contribution in [-0.2, 0) is 6.61 Å². The molecule has 6 nitrogen and oxygen atoms in total. The second-order valence-corrected chi connectivity index (χ2v) is 6.88. The first-order chi connectivity index (χ1) is 13.5. The van der Waals surface area contributed by atoms with Crippen LogP contribution in [0.15, 0.2) is 66.7 Å². The lowest BCUT2D eigenvalue weighted by atomic mass is 10.2. The first-order valence-corrected chi connectivity index (χ1v) is 9.08. The summed E-state index contributed by atoms with van der Waals surface area (Å²) in [7, 11) is 0. The van der Waals surface area contributed by atoms with Crippen molar-refractivity contribution in [3.8, 4) is 11.4 Å². The van der Waals surface area contributed by atoms with E-state index >= 15 is 0 Å². The molecule has 0 spiro atoms. The van der Waals surface area contributed by atoms with E-state index in [4.69, 9.17) is 28.0 Å². The van der Waals surface area contributed by atoms with Crippen molar-refractivity contribution in [3.05, 3.63) is 92.5 Å². The van der Waals surface area contributed by atoms with Crippen molar-refractivity contribution in [2.45, 2.75) is 6.61 Å². The van der Waals surface area contributed by atoms with Gasteiger partial charge in [-0.1, -0.05) is 41.4 Å². The van der Waals surface area contributed by atoms with Crippen LogP contribution >= 0.6 is 23.2 Å². The van der Waals surface area contributed by atoms with Gasteiger partial charge in [-0.3, -0.25) is 10.1 Å². The Morgan fingerprint density at radius 3 is 2.50 bits per heavy atom. The summed E-state index contributed by atoms with van der Waals surface area (Å²) in [5.74, 6) is 0.513. The van der Waals surface area contributed by atoms with E-state index in [0.717, 1.165) is 11.1 Å². The fourth-order valence-corrected chi connectivity index (χ4v) is 3.13. The topological polar surface area (TPSA) is 70.2 Å². The van der Waals surface area contributed by atoms with E-state index in [1.807, 2.05) is 30.3 Å². The Balaban J connectivity index is 1.83. The maximum Gasteiger partial charge on any atom is 0.271 e. The van der Waals surface area contributed by atoms with Crippen LogP contribution in [-0.4, -0.2) is 14.6 Å². The highest BCUT2D eigenvalue weighted by molar-refractivity contribution is 6.31. The largest absolute Gasteiger partial charge is 0.407 e. The zero-order valence-electron chi connectivity index (χ0n) is 14.4. The monoisotopic (exact) mass is 413 g/mol. The number of nitrogens with zero attached hydrogens (tertiary/aromatic N) is 3. The Bertz CT molecular complexity index is 1170. The van der Waals surface area contributed by atoms with E-state index in [0.29, 0.717) is 26.9 Å². The van der Waals surface area contributed by atoms with E-state index in [1.54, 1.807) is 24.3 Å². The zero-order valence-corrected chi connectivity index (χ0v) is 15.9. The third kappa shape index (κ3) is 3.52. The standard InChI is InChI=1S/C20H13Cl2N3O3/c21-15-7-5-13(6-8-15)20-23-18-10-9-16(25(26)27)11-19(18)24(20)28-12-14-3-1-2-4-17(14)22/h1-11H,12H2. The Kier molecular flexibility index (Phi) is 4.90. The fourth-order valence-electron chi connectivity index (χ4n) is 2.82. The summed E-state index contributed by atoms with van der Waals surface area (Å²) in [5.41, 5.74) is 2.58. The molecule has 0 aliphatic rings. The van der Waals surface area contributed by atoms with E-state index < -0.39 is 4.92 Å². The Labute approximate surface area is 170 Å². The lowest BCUT2D eigenvalue weighted by Crippen LogP contribution is -2.13. The van der Waals surface area contributed by atoms with Crippen molar-refractivity contribution in [1.82, 2.24) is 9.71 Å². The highest BCUT2D eigenvalue weighted by Gasteiger charge is 2.18. The van der Waals surface area contributed by atoms with Gasteiger partial charge in [-0.05, 0) is 36.4 Å². The van der Waals surface area contributed by atoms with Gasteiger partial charge < -0.3 is 4.84 Å². The number of aromatic nitrogens is 2. The summed E-state index contributed by atoms with van der Waals surface area (Å²) < 4.78 is 1.49. The molecule has 3 aromatic carbocycles. The molecule has 0 unspecified atom stereocenters. The summed E-state index contributed by atoms with van der Waals surface area (Å²) in [5, 5.41) is 12.4. The van der Waals surface area contributed by atoms with Crippen molar-refractivity contribution in [2.24, 2.45) is 0 Å². The van der Waals surface area contributed by atoms with Crippen LogP contribution in [0.2, 0.25) is 10.0 Å². The Morgan fingerprint density at radius 2 is 1.79 bits per heavy atom. The maximum absolute atomic E-state index is 11.2. The van der Waals surface area contributed by atoms with Gasteiger partial charge in [-0.15, -0.1) is 0 Å². The number of fused-ring (bicyclic) bond motifs is 1. The minimum Gasteiger partial charge on any atom is -0.407 e. The maximum atomic E-state index is 11.2. The summed E-state index contributed by atoms with van der Waals surface area (Å²) in [6.45, 7) is 0.175. The van der Waals surface area contributed by atoms with Crippen molar-refractivity contribution in [1.29, 1.82) is 0 Å². The molecule has 0 radical (unpaired) electrons. The average molecular weight is 414 g/mol. The third-order valence-corrected chi connectivity index (χ3v) is 4.84. The average Bonchev–Trinajstić information content (AvgIpc) is 3.05. The van der Waals surface area contributed by atoms with E-state index in [1.165, 1.54) is 16.9 Å². The summed E-state index contributed by atoms with van der Waals surface area (Å²) in [6.07, 6.45) is 0. The molecule has 4 rings (SSSR count). The van der Waals surface area contributed by atoms with Crippen LogP contribution in [0.1, 0.15) is 5.56 Å². The van der Waals surface area contributed by atoms with Crippen LogP contribution in [0.25, 0.3) is 22.4 Å². The highest BCUT2D eigenvalue weighted by Crippen LogP contribution is 2.28. The van der Waals surface area contributed by atoms with Gasteiger partial charge in [0.2, 0.25) is 0 Å². The second kappa shape index (κ2) is 7.50. The first kappa shape index (κ1) is 18.3. The summed E-state index contributed by atoms with van der Waals surface area (Å²) >= 11 is 12.2. The fraction of sp³-hybridized carbons (Fsp3) is 0.0500. The quantitative estimate of drug-likeness (QED) is 0.317. The van der Waals surface area contributed by atoms with E-state index in [-0.39, 0.29) is 12.3 Å². The number of halogens is 2. The van der Waals surface area contributed by atoms with Crippen molar-refractivity contribution in [2.75, 3.05) is 0 Å². The van der Waals surface area contributed by atoms with Gasteiger partial charge in [-0.25, -0.2) is 4.98 Å². The number of hydrogen-bond acceptors (Lipinski definition) is 4. The number of hydrogen-bond donors (Lipinski definition) is 0. The molecule has 0 saturated heterocycles. The molecule has 1 aromatic heterocycles. The van der Waals surface area contributed by atoms with Crippen molar-refractivity contribution in [3.63, 3.8) is 0 Å². The molecule has 0 atom stereocenters. The normalized spacial score (nSPS) is 10.9. The van der Waals surface area contributed by atoms with Crippen molar-refractivity contribution < 1.29 is 9.76 Å². The summed E-state index contributed by atoms with van der Waals surface area (Å²) in [6, 6.07) is 18.9. The van der Waals surface area contributed by atoms with Gasteiger partial charge in [0.1, 0.15) is 12.1 Å². The number of nitro benzene ring substituents is 1. The van der Waals surface area contributed by atoms with Gasteiger partial charge in [0.05, 0.1) is 10.4 Å². The molecule has 1 heterocycles. The van der Waals surface area contributed by atoms with Gasteiger partial charge in [0, 0.05) is 33.3 Å². The predicted octanol–water partition coefficient (Wildman–Crippen LogP) is 5.55. The lowest BCUT2D eigenvalue weighted by molar-refractivity contribution is -0.384. The van der Waals surface area contributed by atoms with E-state index in [9.17, 15) is 10.1 Å². The molecule has 8 heteroatoms. The van der Waals surface area contributed by atoms with Gasteiger partial charge >= 0.3 is 0 Å². The molecule has 0 aliphatic heterocycles. The number of nitro groups is 1. The van der Waals surface area contributed by atoms with Gasteiger partial charge in [-0.2, -0.15) is 4.73 Å². The molecule has 140 valence electrons. The second-order valence-electron chi connectivity index (χ2n) is 6.03. The lowest BCUT2D eigenvalue weighted by Gasteiger charge is -2.12. The first-order valence-electron chi connectivity index (χ1n) is 8.32. The number of imidazole rings is 1. The molecule has 0 amide bonds. The van der Waals surface area contributed by atoms with Crippen LogP contribution in [0.4, 0.5) is 5.69 Å². The van der Waals surface area contributed by atoms with Crippen LogP contribution in [0.5, 0.6) is 0 Å². The van der Waals surface area contributed by atoms with Gasteiger partial charge in [0.15, 0.2) is 5.82 Å². The smallest absolute Gasteiger partial charge is 0.271 e. The molecule has 0 fully saturated rings. The molecular weight excluding hydrogens is 401 g/mol. The minimum absolute atomic E-state index is 0.0438. The molecule has 0 saturated carbocycles. The molecule has 0 bridgehead atoms. The molecule has 28 heavy (non-hydrogen) atoms. The molecule has 0 aliphatic carbocycles. The SMILES string of the molecule is O=[N+]([O-])c1ccc2nc(-c3ccc(Cl)cc3)n(OCc3ccccc3Cl)c2c1. The van der Waals surface area contributed by atoms with Crippen LogP contribution in [0.3, 0.4) is 0 Å². The molecule has 0 N–H and O–H groups in total. The van der Waals surface area contributed by atoms with E-state index in [2.05, 4.69) is 4.98 Å². The van der Waals surface area contributed by atoms with Crippen molar-refractivity contribution >= 4 is 39.9 Å². The highest BCUT2D eigenvalue weighted by atomic mass is 35.5. The summed E-state index contributed by atoms with van der Waals surface area (Å²) in [4.78, 5) is 21.3. The number of benzene rings is 3. The zero-order chi connectivity index (χ0) is 19.7. The molecular formula is C20H13Cl2N3O3. The Hall–Kier alpha value is -3.09. The minimum atomic E-state index is -0.452. The Morgan fingerprint density at radius 1 is 1.04 bits per heavy atom. The predicted molar refractivity (Wildman–Crippen MR) is 109 cm³/mol. The number of non-ortho nitro benzene ring substituents is 1. The number of rotatable bonds is 5.